The van der Waals surface area contributed by atoms with Crippen molar-refractivity contribution in [1.82, 2.24) is 5.32 Å². The summed E-state index contributed by atoms with van der Waals surface area (Å²) in [6.45, 7) is 0. The third-order valence-electron chi connectivity index (χ3n) is 5.08. The first kappa shape index (κ1) is 19.0. The number of nitrogens with zero attached hydrogens (tertiary/aromatic N) is 1. The molecule has 132 valence electrons. The molecule has 0 saturated heterocycles. The Labute approximate surface area is 151 Å². The maximum absolute atomic E-state index is 12.6. The summed E-state index contributed by atoms with van der Waals surface area (Å²) in [6.07, 6.45) is 5.08. The van der Waals surface area contributed by atoms with Gasteiger partial charge in [-0.3, -0.25) is 14.9 Å². The quantitative estimate of drug-likeness (QED) is 0.626. The summed E-state index contributed by atoms with van der Waals surface area (Å²) in [5.74, 6) is 0.339. The van der Waals surface area contributed by atoms with Crippen molar-refractivity contribution in [3.05, 3.63) is 38.9 Å². The summed E-state index contributed by atoms with van der Waals surface area (Å²) in [5.41, 5.74) is 5.90. The van der Waals surface area contributed by atoms with Gasteiger partial charge in [-0.25, -0.2) is 0 Å². The number of benzene rings is 1. The fourth-order valence-electron chi connectivity index (χ4n) is 4.10. The molecule has 2 atom stereocenters. The Bertz CT molecular complexity index is 627. The van der Waals surface area contributed by atoms with Gasteiger partial charge in [0, 0.05) is 23.2 Å². The van der Waals surface area contributed by atoms with Crippen LogP contribution in [-0.4, -0.2) is 22.9 Å². The normalized spacial score (nSPS) is 28.6. The van der Waals surface area contributed by atoms with E-state index in [2.05, 4.69) is 5.32 Å². The summed E-state index contributed by atoms with van der Waals surface area (Å²) in [7, 11) is 0. The molecule has 24 heavy (non-hydrogen) atoms. The van der Waals surface area contributed by atoms with Crippen LogP contribution in [0.1, 0.15) is 42.5 Å². The molecule has 0 aromatic heterocycles. The fourth-order valence-corrected chi connectivity index (χ4v) is 4.27. The lowest BCUT2D eigenvalue weighted by molar-refractivity contribution is -0.385. The largest absolute Gasteiger partial charge is 0.349 e. The molecule has 8 heteroatoms. The molecule has 3 rings (SSSR count). The second kappa shape index (κ2) is 7.68. The van der Waals surface area contributed by atoms with E-state index >= 15 is 0 Å². The van der Waals surface area contributed by atoms with E-state index in [1.807, 2.05) is 0 Å². The molecule has 2 aliphatic carbocycles. The van der Waals surface area contributed by atoms with Crippen LogP contribution in [0.4, 0.5) is 5.69 Å². The van der Waals surface area contributed by atoms with Gasteiger partial charge in [0.05, 0.1) is 4.92 Å². The van der Waals surface area contributed by atoms with Gasteiger partial charge in [-0.05, 0) is 49.7 Å². The van der Waals surface area contributed by atoms with Gasteiger partial charge >= 0.3 is 0 Å². The average molecular weight is 374 g/mol. The van der Waals surface area contributed by atoms with Gasteiger partial charge in [0.15, 0.2) is 0 Å². The topological polar surface area (TPSA) is 98.3 Å². The van der Waals surface area contributed by atoms with Gasteiger partial charge in [-0.15, -0.1) is 12.4 Å². The Morgan fingerprint density at radius 1 is 1.29 bits per heavy atom. The van der Waals surface area contributed by atoms with E-state index in [9.17, 15) is 14.9 Å². The second-order valence-corrected chi connectivity index (χ2v) is 7.04. The minimum Gasteiger partial charge on any atom is -0.349 e. The van der Waals surface area contributed by atoms with E-state index in [1.165, 1.54) is 18.2 Å². The summed E-state index contributed by atoms with van der Waals surface area (Å²) in [5, 5.41) is 14.4. The van der Waals surface area contributed by atoms with Crippen molar-refractivity contribution < 1.29 is 9.72 Å². The number of rotatable bonds is 3. The lowest BCUT2D eigenvalue weighted by Gasteiger charge is -2.45. The molecule has 1 aromatic carbocycles. The molecular formula is C16H21Cl2N3O3. The summed E-state index contributed by atoms with van der Waals surface area (Å²) >= 11 is 5.80. The van der Waals surface area contributed by atoms with Gasteiger partial charge in [-0.1, -0.05) is 18.0 Å². The summed E-state index contributed by atoms with van der Waals surface area (Å²) < 4.78 is 0. The number of amides is 1. The van der Waals surface area contributed by atoms with E-state index < -0.39 is 10.8 Å². The van der Waals surface area contributed by atoms with E-state index in [0.29, 0.717) is 11.8 Å². The van der Waals surface area contributed by atoms with Crippen LogP contribution in [0.3, 0.4) is 0 Å². The fraction of sp³-hybridized carbons (Fsp3) is 0.562. The zero-order valence-electron chi connectivity index (χ0n) is 13.1. The van der Waals surface area contributed by atoms with Crippen molar-refractivity contribution in [2.24, 2.45) is 17.6 Å². The molecular weight excluding hydrogens is 353 g/mol. The summed E-state index contributed by atoms with van der Waals surface area (Å²) in [6, 6.07) is 4.39. The Morgan fingerprint density at radius 3 is 2.50 bits per heavy atom. The number of halogens is 2. The number of carbonyl (C=O) groups is 1. The Kier molecular flexibility index (Phi) is 6.06. The van der Waals surface area contributed by atoms with Crippen LogP contribution in [0.25, 0.3) is 0 Å². The SMILES string of the molecule is Cl.NC1CC2CCCC(C1)C2NC(=O)c1ccc(Cl)cc1[N+](=O)[O-]. The smallest absolute Gasteiger partial charge is 0.283 e. The van der Waals surface area contributed by atoms with Crippen LogP contribution in [-0.2, 0) is 0 Å². The van der Waals surface area contributed by atoms with Gasteiger partial charge < -0.3 is 11.1 Å². The van der Waals surface area contributed by atoms with Crippen molar-refractivity contribution in [3.63, 3.8) is 0 Å². The zero-order chi connectivity index (χ0) is 16.6. The predicted octanol–water partition coefficient (Wildman–Crippen LogP) is 3.31. The molecule has 2 bridgehead atoms. The lowest BCUT2D eigenvalue weighted by atomic mass is 9.67. The third-order valence-corrected chi connectivity index (χ3v) is 5.31. The maximum Gasteiger partial charge on any atom is 0.283 e. The number of carbonyl (C=O) groups excluding carboxylic acids is 1. The molecule has 1 amide bonds. The van der Waals surface area contributed by atoms with Crippen LogP contribution < -0.4 is 11.1 Å². The van der Waals surface area contributed by atoms with Crippen LogP contribution in [0.15, 0.2) is 18.2 Å². The van der Waals surface area contributed by atoms with Crippen LogP contribution in [0.2, 0.25) is 5.02 Å². The summed E-state index contributed by atoms with van der Waals surface area (Å²) in [4.78, 5) is 23.2. The molecule has 0 heterocycles. The number of nitro benzene ring substituents is 1. The third kappa shape index (κ3) is 3.82. The Hall–Kier alpha value is -1.37. The van der Waals surface area contributed by atoms with Gasteiger partial charge in [-0.2, -0.15) is 0 Å². The molecule has 0 spiro atoms. The standard InChI is InChI=1S/C16H20ClN3O3.ClH/c17-11-4-5-13(14(8-11)20(22)23)16(21)19-15-9-2-1-3-10(15)7-12(18)6-9;/h4-5,8-10,12,15H,1-3,6-7,18H2,(H,19,21);1H. The van der Waals surface area contributed by atoms with E-state index in [-0.39, 0.29) is 40.8 Å². The highest BCUT2D eigenvalue weighted by atomic mass is 35.5. The van der Waals surface area contributed by atoms with Crippen molar-refractivity contribution in [3.8, 4) is 0 Å². The number of nitrogens with two attached hydrogens (primary N) is 1. The first-order chi connectivity index (χ1) is 11.0. The highest BCUT2D eigenvalue weighted by molar-refractivity contribution is 6.31. The first-order valence-electron chi connectivity index (χ1n) is 7.96. The number of nitro groups is 1. The average Bonchev–Trinajstić information content (AvgIpc) is 2.47. The zero-order valence-corrected chi connectivity index (χ0v) is 14.7. The highest BCUT2D eigenvalue weighted by Crippen LogP contribution is 2.40. The van der Waals surface area contributed by atoms with Gasteiger partial charge in [0.1, 0.15) is 5.56 Å². The van der Waals surface area contributed by atoms with E-state index in [0.717, 1.165) is 32.1 Å². The van der Waals surface area contributed by atoms with Crippen LogP contribution in [0, 0.1) is 22.0 Å². The molecule has 0 radical (unpaired) electrons. The minimum absolute atomic E-state index is 0. The lowest BCUT2D eigenvalue weighted by Crippen LogP contribution is -2.53. The van der Waals surface area contributed by atoms with Crippen molar-refractivity contribution in [2.45, 2.75) is 44.2 Å². The molecule has 2 fully saturated rings. The molecule has 2 unspecified atom stereocenters. The maximum atomic E-state index is 12.6. The van der Waals surface area contributed by atoms with Crippen LogP contribution in [0.5, 0.6) is 0 Å². The number of hydrogen-bond donors (Lipinski definition) is 2. The van der Waals surface area contributed by atoms with Gasteiger partial charge in [0.2, 0.25) is 0 Å². The Balaban J connectivity index is 0.00000208. The first-order valence-corrected chi connectivity index (χ1v) is 8.34. The van der Waals surface area contributed by atoms with Crippen molar-refractivity contribution in [1.29, 1.82) is 0 Å². The van der Waals surface area contributed by atoms with E-state index in [1.54, 1.807) is 0 Å². The Morgan fingerprint density at radius 2 is 1.92 bits per heavy atom. The minimum atomic E-state index is -0.571. The van der Waals surface area contributed by atoms with E-state index in [4.69, 9.17) is 17.3 Å². The molecule has 2 aliphatic rings. The number of hydrogen-bond acceptors (Lipinski definition) is 4. The molecule has 2 saturated carbocycles. The molecule has 6 nitrogen and oxygen atoms in total. The second-order valence-electron chi connectivity index (χ2n) is 6.60. The molecule has 3 N–H and O–H groups in total. The predicted molar refractivity (Wildman–Crippen MR) is 94.6 cm³/mol. The van der Waals surface area contributed by atoms with Crippen LogP contribution >= 0.6 is 24.0 Å². The number of fused-ring (bicyclic) bond motifs is 2. The number of nitrogens with one attached hydrogen (secondary N) is 1. The highest BCUT2D eigenvalue weighted by Gasteiger charge is 2.40. The van der Waals surface area contributed by atoms with Crippen molar-refractivity contribution >= 4 is 35.6 Å². The molecule has 1 aromatic rings. The van der Waals surface area contributed by atoms with Gasteiger partial charge in [0.25, 0.3) is 11.6 Å². The van der Waals surface area contributed by atoms with Crippen molar-refractivity contribution in [2.75, 3.05) is 0 Å². The monoisotopic (exact) mass is 373 g/mol. The molecule has 0 aliphatic heterocycles.